The molecule has 0 aromatic carbocycles. The molecule has 6 nitrogen and oxygen atoms in total. The molecule has 0 radical (unpaired) electrons. The van der Waals surface area contributed by atoms with E-state index in [0.717, 1.165) is 19.6 Å². The first kappa shape index (κ1) is 15.6. The van der Waals surface area contributed by atoms with Crippen molar-refractivity contribution in [3.05, 3.63) is 0 Å². The summed E-state index contributed by atoms with van der Waals surface area (Å²) in [6.07, 6.45) is 6.22. The van der Waals surface area contributed by atoms with Crippen LogP contribution >= 0.6 is 0 Å². The zero-order valence-electron chi connectivity index (χ0n) is 13.4. The van der Waals surface area contributed by atoms with E-state index in [2.05, 4.69) is 10.2 Å². The Morgan fingerprint density at radius 3 is 2.09 bits per heavy atom. The van der Waals surface area contributed by atoms with Gasteiger partial charge in [0.05, 0.1) is 6.54 Å². The van der Waals surface area contributed by atoms with Crippen LogP contribution in [0, 0.1) is 5.92 Å². The van der Waals surface area contributed by atoms with Crippen molar-refractivity contribution in [2.24, 2.45) is 5.92 Å². The van der Waals surface area contributed by atoms with Crippen molar-refractivity contribution in [2.45, 2.75) is 32.1 Å². The van der Waals surface area contributed by atoms with Gasteiger partial charge >= 0.3 is 6.03 Å². The molecule has 0 bridgehead atoms. The standard InChI is InChI=1S/C16H28N4O2/c21-15(13-18-6-1-2-7-18)19-8-10-20(11-9-19)16(22)17-12-14-4-3-5-14/h14H,1-13H2,(H,17,22). The fourth-order valence-electron chi connectivity index (χ4n) is 3.43. The Balaban J connectivity index is 1.35. The van der Waals surface area contributed by atoms with Crippen LogP contribution in [-0.2, 0) is 4.79 Å². The van der Waals surface area contributed by atoms with Crippen LogP contribution in [0.3, 0.4) is 0 Å². The summed E-state index contributed by atoms with van der Waals surface area (Å²) in [6.45, 7) is 6.11. The molecule has 0 spiro atoms. The van der Waals surface area contributed by atoms with E-state index in [0.29, 0.717) is 38.6 Å². The quantitative estimate of drug-likeness (QED) is 0.833. The van der Waals surface area contributed by atoms with Crippen LogP contribution in [0.1, 0.15) is 32.1 Å². The number of amides is 3. The molecule has 2 aliphatic heterocycles. The lowest BCUT2D eigenvalue weighted by molar-refractivity contribution is -0.133. The molecule has 0 unspecified atom stereocenters. The Labute approximate surface area is 132 Å². The van der Waals surface area contributed by atoms with E-state index in [4.69, 9.17) is 0 Å². The highest BCUT2D eigenvalue weighted by Crippen LogP contribution is 2.25. The van der Waals surface area contributed by atoms with Crippen molar-refractivity contribution in [3.8, 4) is 0 Å². The van der Waals surface area contributed by atoms with Crippen LogP contribution < -0.4 is 5.32 Å². The third-order valence-corrected chi connectivity index (χ3v) is 5.24. The molecule has 0 atom stereocenters. The summed E-state index contributed by atoms with van der Waals surface area (Å²) in [7, 11) is 0. The van der Waals surface area contributed by atoms with Gasteiger partial charge in [-0.15, -0.1) is 0 Å². The van der Waals surface area contributed by atoms with E-state index in [9.17, 15) is 9.59 Å². The number of nitrogens with one attached hydrogen (secondary N) is 1. The minimum atomic E-state index is 0.0403. The molecule has 0 aromatic rings. The number of rotatable bonds is 4. The first-order chi connectivity index (χ1) is 10.7. The van der Waals surface area contributed by atoms with Crippen LogP contribution in [0.2, 0.25) is 0 Å². The zero-order chi connectivity index (χ0) is 15.4. The fourth-order valence-corrected chi connectivity index (χ4v) is 3.43. The maximum Gasteiger partial charge on any atom is 0.317 e. The van der Waals surface area contributed by atoms with E-state index >= 15 is 0 Å². The molecular formula is C16H28N4O2. The molecule has 0 aromatic heterocycles. The van der Waals surface area contributed by atoms with E-state index in [1.165, 1.54) is 32.1 Å². The van der Waals surface area contributed by atoms with Crippen LogP contribution in [0.25, 0.3) is 0 Å². The van der Waals surface area contributed by atoms with Crippen molar-refractivity contribution >= 4 is 11.9 Å². The molecule has 22 heavy (non-hydrogen) atoms. The van der Waals surface area contributed by atoms with E-state index < -0.39 is 0 Å². The van der Waals surface area contributed by atoms with Crippen LogP contribution in [0.4, 0.5) is 4.79 Å². The predicted octanol–water partition coefficient (Wildman–Crippen LogP) is 0.736. The highest BCUT2D eigenvalue weighted by atomic mass is 16.2. The summed E-state index contributed by atoms with van der Waals surface area (Å²) in [5.41, 5.74) is 0. The smallest absolute Gasteiger partial charge is 0.317 e. The second-order valence-corrected chi connectivity index (χ2v) is 6.83. The van der Waals surface area contributed by atoms with Gasteiger partial charge in [-0.1, -0.05) is 6.42 Å². The van der Waals surface area contributed by atoms with Crippen molar-refractivity contribution < 1.29 is 9.59 Å². The minimum absolute atomic E-state index is 0.0403. The number of urea groups is 1. The van der Waals surface area contributed by atoms with Crippen molar-refractivity contribution in [2.75, 3.05) is 52.4 Å². The monoisotopic (exact) mass is 308 g/mol. The van der Waals surface area contributed by atoms with Gasteiger partial charge in [0, 0.05) is 32.7 Å². The first-order valence-corrected chi connectivity index (χ1v) is 8.75. The molecule has 3 amide bonds. The fraction of sp³-hybridized carbons (Fsp3) is 0.875. The van der Waals surface area contributed by atoms with Gasteiger partial charge in [0.15, 0.2) is 0 Å². The van der Waals surface area contributed by atoms with Gasteiger partial charge in [0.25, 0.3) is 0 Å². The molecule has 1 N–H and O–H groups in total. The van der Waals surface area contributed by atoms with Gasteiger partial charge in [-0.3, -0.25) is 9.69 Å². The second-order valence-electron chi connectivity index (χ2n) is 6.83. The van der Waals surface area contributed by atoms with Gasteiger partial charge in [0.1, 0.15) is 0 Å². The van der Waals surface area contributed by atoms with E-state index in [1.807, 2.05) is 9.80 Å². The largest absolute Gasteiger partial charge is 0.338 e. The minimum Gasteiger partial charge on any atom is -0.338 e. The van der Waals surface area contributed by atoms with Crippen LogP contribution in [0.15, 0.2) is 0 Å². The maximum atomic E-state index is 12.3. The summed E-state index contributed by atoms with van der Waals surface area (Å²) in [5.74, 6) is 0.906. The zero-order valence-corrected chi connectivity index (χ0v) is 13.4. The number of carbonyl (C=O) groups excluding carboxylic acids is 2. The van der Waals surface area contributed by atoms with Crippen LogP contribution in [-0.4, -0.2) is 79.0 Å². The molecule has 3 rings (SSSR count). The number of likely N-dealkylation sites (tertiary alicyclic amines) is 1. The summed E-state index contributed by atoms with van der Waals surface area (Å²) < 4.78 is 0. The van der Waals surface area contributed by atoms with Gasteiger partial charge < -0.3 is 15.1 Å². The van der Waals surface area contributed by atoms with Gasteiger partial charge in [0.2, 0.25) is 5.91 Å². The van der Waals surface area contributed by atoms with Gasteiger partial charge in [-0.2, -0.15) is 0 Å². The Kier molecular flexibility index (Phi) is 5.18. The maximum absolute atomic E-state index is 12.3. The number of hydrogen-bond acceptors (Lipinski definition) is 3. The van der Waals surface area contributed by atoms with Gasteiger partial charge in [-0.05, 0) is 44.7 Å². The number of piperazine rings is 1. The Hall–Kier alpha value is -1.30. The van der Waals surface area contributed by atoms with Gasteiger partial charge in [-0.25, -0.2) is 4.79 Å². The van der Waals surface area contributed by atoms with E-state index in [-0.39, 0.29) is 11.9 Å². The third-order valence-electron chi connectivity index (χ3n) is 5.24. The molecule has 124 valence electrons. The molecular weight excluding hydrogens is 280 g/mol. The van der Waals surface area contributed by atoms with E-state index in [1.54, 1.807) is 0 Å². The Bertz CT molecular complexity index is 397. The number of carbonyl (C=O) groups is 2. The number of hydrogen-bond donors (Lipinski definition) is 1. The normalized spacial score (nSPS) is 23.5. The molecule has 3 fully saturated rings. The predicted molar refractivity (Wildman–Crippen MR) is 84.6 cm³/mol. The van der Waals surface area contributed by atoms with Crippen molar-refractivity contribution in [1.82, 2.24) is 20.0 Å². The lowest BCUT2D eigenvalue weighted by atomic mass is 9.85. The molecule has 1 aliphatic carbocycles. The summed E-state index contributed by atoms with van der Waals surface area (Å²) in [5, 5.41) is 3.03. The lowest BCUT2D eigenvalue weighted by Gasteiger charge is -2.36. The molecule has 6 heteroatoms. The molecule has 2 heterocycles. The molecule has 3 aliphatic rings. The average Bonchev–Trinajstić information content (AvgIpc) is 2.98. The summed E-state index contributed by atoms with van der Waals surface area (Å²) in [6, 6.07) is 0.0403. The van der Waals surface area contributed by atoms with Crippen molar-refractivity contribution in [3.63, 3.8) is 0 Å². The Morgan fingerprint density at radius 2 is 1.50 bits per heavy atom. The average molecular weight is 308 g/mol. The SMILES string of the molecule is O=C(CN1CCCC1)N1CCN(C(=O)NCC2CCC2)CC1. The third kappa shape index (κ3) is 3.91. The van der Waals surface area contributed by atoms with Crippen LogP contribution in [0.5, 0.6) is 0 Å². The Morgan fingerprint density at radius 1 is 0.864 bits per heavy atom. The molecule has 2 saturated heterocycles. The lowest BCUT2D eigenvalue weighted by Crippen LogP contribution is -2.55. The second kappa shape index (κ2) is 7.31. The molecule has 1 saturated carbocycles. The number of nitrogens with zero attached hydrogens (tertiary/aromatic N) is 3. The summed E-state index contributed by atoms with van der Waals surface area (Å²) >= 11 is 0. The highest BCUT2D eigenvalue weighted by Gasteiger charge is 2.26. The first-order valence-electron chi connectivity index (χ1n) is 8.75. The summed E-state index contributed by atoms with van der Waals surface area (Å²) in [4.78, 5) is 30.4. The highest BCUT2D eigenvalue weighted by molar-refractivity contribution is 5.79. The topological polar surface area (TPSA) is 55.9 Å². The van der Waals surface area contributed by atoms with Crippen molar-refractivity contribution in [1.29, 1.82) is 0 Å².